The van der Waals surface area contributed by atoms with Crippen LogP contribution in [0.1, 0.15) is 5.56 Å². The van der Waals surface area contributed by atoms with Crippen molar-refractivity contribution < 1.29 is 4.92 Å². The molecule has 0 aliphatic carbocycles. The topological polar surface area (TPSA) is 68.1 Å². The fourth-order valence-corrected chi connectivity index (χ4v) is 1.74. The first-order chi connectivity index (χ1) is 9.15. The van der Waals surface area contributed by atoms with Gasteiger partial charge in [0.1, 0.15) is 5.82 Å². The van der Waals surface area contributed by atoms with Crippen molar-refractivity contribution in [1.29, 1.82) is 0 Å². The molecular formula is C13H12ClN3O2. The molecule has 19 heavy (non-hydrogen) atoms. The van der Waals surface area contributed by atoms with Gasteiger partial charge in [-0.3, -0.25) is 10.1 Å². The summed E-state index contributed by atoms with van der Waals surface area (Å²) >= 11 is 5.80. The van der Waals surface area contributed by atoms with Gasteiger partial charge in [-0.05, 0) is 24.1 Å². The van der Waals surface area contributed by atoms with E-state index in [1.54, 1.807) is 0 Å². The Morgan fingerprint density at radius 3 is 2.68 bits per heavy atom. The van der Waals surface area contributed by atoms with Crippen molar-refractivity contribution in [3.8, 4) is 0 Å². The number of hydrogen-bond acceptors (Lipinski definition) is 4. The standard InChI is InChI=1S/C13H12ClN3O2/c14-11-3-1-10(2-4-11)5-7-15-13-9-12(17(18)19)6-8-16-13/h1-4,6,8-9H,5,7H2,(H,15,16). The normalized spacial score (nSPS) is 10.2. The Morgan fingerprint density at radius 2 is 2.00 bits per heavy atom. The van der Waals surface area contributed by atoms with Gasteiger partial charge in [0, 0.05) is 23.8 Å². The number of pyridine rings is 1. The molecule has 2 aromatic rings. The fourth-order valence-electron chi connectivity index (χ4n) is 1.62. The molecule has 6 heteroatoms. The molecule has 0 unspecified atom stereocenters. The van der Waals surface area contributed by atoms with E-state index >= 15 is 0 Å². The lowest BCUT2D eigenvalue weighted by Crippen LogP contribution is -2.06. The molecule has 5 nitrogen and oxygen atoms in total. The van der Waals surface area contributed by atoms with E-state index in [4.69, 9.17) is 11.6 Å². The minimum Gasteiger partial charge on any atom is -0.370 e. The molecule has 0 amide bonds. The summed E-state index contributed by atoms with van der Waals surface area (Å²) in [4.78, 5) is 14.2. The fraction of sp³-hybridized carbons (Fsp3) is 0.154. The van der Waals surface area contributed by atoms with Gasteiger partial charge in [0.25, 0.3) is 5.69 Å². The van der Waals surface area contributed by atoms with Crippen molar-refractivity contribution in [2.24, 2.45) is 0 Å². The van der Waals surface area contributed by atoms with Crippen LogP contribution in [-0.2, 0) is 6.42 Å². The number of aromatic nitrogens is 1. The molecule has 0 bridgehead atoms. The Kier molecular flexibility index (Phi) is 4.30. The molecule has 0 aliphatic heterocycles. The molecule has 0 spiro atoms. The number of nitrogens with zero attached hydrogens (tertiary/aromatic N) is 2. The number of benzene rings is 1. The maximum Gasteiger partial charge on any atom is 0.274 e. The highest BCUT2D eigenvalue weighted by Crippen LogP contribution is 2.14. The summed E-state index contributed by atoms with van der Waals surface area (Å²) in [5, 5.41) is 14.4. The molecule has 0 saturated carbocycles. The summed E-state index contributed by atoms with van der Waals surface area (Å²) in [7, 11) is 0. The highest BCUT2D eigenvalue weighted by Gasteiger charge is 2.05. The first-order valence-corrected chi connectivity index (χ1v) is 6.12. The lowest BCUT2D eigenvalue weighted by atomic mass is 10.1. The number of rotatable bonds is 5. The smallest absolute Gasteiger partial charge is 0.274 e. The van der Waals surface area contributed by atoms with Crippen LogP contribution < -0.4 is 5.32 Å². The van der Waals surface area contributed by atoms with Crippen LogP contribution in [-0.4, -0.2) is 16.5 Å². The molecule has 1 aromatic carbocycles. The second kappa shape index (κ2) is 6.15. The van der Waals surface area contributed by atoms with Gasteiger partial charge in [-0.2, -0.15) is 0 Å². The van der Waals surface area contributed by atoms with Crippen LogP contribution in [0.15, 0.2) is 42.6 Å². The third kappa shape index (κ3) is 3.93. The number of hydrogen-bond donors (Lipinski definition) is 1. The quantitative estimate of drug-likeness (QED) is 0.672. The third-order valence-corrected chi connectivity index (χ3v) is 2.84. The van der Waals surface area contributed by atoms with Crippen LogP contribution >= 0.6 is 11.6 Å². The molecule has 2 rings (SSSR count). The van der Waals surface area contributed by atoms with Gasteiger partial charge in [-0.25, -0.2) is 4.98 Å². The molecule has 98 valence electrons. The average Bonchev–Trinajstić information content (AvgIpc) is 2.41. The number of anilines is 1. The Balaban J connectivity index is 1.90. The average molecular weight is 278 g/mol. The second-order valence-corrected chi connectivity index (χ2v) is 4.40. The highest BCUT2D eigenvalue weighted by molar-refractivity contribution is 6.30. The van der Waals surface area contributed by atoms with E-state index in [0.717, 1.165) is 12.0 Å². The van der Waals surface area contributed by atoms with Gasteiger partial charge in [0.15, 0.2) is 0 Å². The summed E-state index contributed by atoms with van der Waals surface area (Å²) in [5.41, 5.74) is 1.17. The lowest BCUT2D eigenvalue weighted by Gasteiger charge is -2.05. The zero-order chi connectivity index (χ0) is 13.7. The maximum atomic E-state index is 10.6. The van der Waals surface area contributed by atoms with Crippen LogP contribution in [0.2, 0.25) is 5.02 Å². The Labute approximate surface area is 115 Å². The number of halogens is 1. The molecule has 0 atom stereocenters. The monoisotopic (exact) mass is 277 g/mol. The van der Waals surface area contributed by atoms with Crippen LogP contribution in [0, 0.1) is 10.1 Å². The summed E-state index contributed by atoms with van der Waals surface area (Å²) in [5.74, 6) is 0.503. The molecule has 0 aliphatic rings. The minimum absolute atomic E-state index is 0.0315. The minimum atomic E-state index is -0.438. The molecule has 1 aromatic heterocycles. The molecule has 0 saturated heterocycles. The Bertz CT molecular complexity index is 572. The van der Waals surface area contributed by atoms with Crippen molar-refractivity contribution in [1.82, 2.24) is 4.98 Å². The number of nitrogens with one attached hydrogen (secondary N) is 1. The van der Waals surface area contributed by atoms with E-state index in [1.807, 2.05) is 24.3 Å². The van der Waals surface area contributed by atoms with E-state index in [-0.39, 0.29) is 5.69 Å². The van der Waals surface area contributed by atoms with Gasteiger partial charge in [0.05, 0.1) is 11.0 Å². The van der Waals surface area contributed by atoms with Crippen molar-refractivity contribution >= 4 is 23.1 Å². The summed E-state index contributed by atoms with van der Waals surface area (Å²) < 4.78 is 0. The van der Waals surface area contributed by atoms with E-state index < -0.39 is 4.92 Å². The van der Waals surface area contributed by atoms with E-state index in [0.29, 0.717) is 17.4 Å². The lowest BCUT2D eigenvalue weighted by molar-refractivity contribution is -0.384. The van der Waals surface area contributed by atoms with Crippen molar-refractivity contribution in [2.45, 2.75) is 6.42 Å². The molecule has 1 N–H and O–H groups in total. The SMILES string of the molecule is O=[N+]([O-])c1ccnc(NCCc2ccc(Cl)cc2)c1. The molecule has 1 heterocycles. The summed E-state index contributed by atoms with van der Waals surface area (Å²) in [6.45, 7) is 0.649. The van der Waals surface area contributed by atoms with Crippen molar-refractivity contribution in [3.05, 3.63) is 63.3 Å². The number of nitro groups is 1. The van der Waals surface area contributed by atoms with Crippen LogP contribution in [0.4, 0.5) is 11.5 Å². The first kappa shape index (κ1) is 13.3. The maximum absolute atomic E-state index is 10.6. The first-order valence-electron chi connectivity index (χ1n) is 5.74. The van der Waals surface area contributed by atoms with Gasteiger partial charge in [-0.1, -0.05) is 23.7 Å². The largest absolute Gasteiger partial charge is 0.370 e. The third-order valence-electron chi connectivity index (χ3n) is 2.59. The van der Waals surface area contributed by atoms with Gasteiger partial charge in [-0.15, -0.1) is 0 Å². The summed E-state index contributed by atoms with van der Waals surface area (Å²) in [6.07, 6.45) is 2.21. The van der Waals surface area contributed by atoms with E-state index in [2.05, 4.69) is 10.3 Å². The zero-order valence-electron chi connectivity index (χ0n) is 10.0. The van der Waals surface area contributed by atoms with Crippen molar-refractivity contribution in [3.63, 3.8) is 0 Å². The predicted molar refractivity (Wildman–Crippen MR) is 74.5 cm³/mol. The van der Waals surface area contributed by atoms with Crippen LogP contribution in [0.5, 0.6) is 0 Å². The second-order valence-electron chi connectivity index (χ2n) is 3.96. The summed E-state index contributed by atoms with van der Waals surface area (Å²) in [6, 6.07) is 10.4. The predicted octanol–water partition coefficient (Wildman–Crippen LogP) is 3.30. The van der Waals surface area contributed by atoms with Crippen LogP contribution in [0.3, 0.4) is 0 Å². The Morgan fingerprint density at radius 1 is 1.26 bits per heavy atom. The zero-order valence-corrected chi connectivity index (χ0v) is 10.8. The van der Waals surface area contributed by atoms with Crippen molar-refractivity contribution in [2.75, 3.05) is 11.9 Å². The van der Waals surface area contributed by atoms with Crippen LogP contribution in [0.25, 0.3) is 0 Å². The van der Waals surface area contributed by atoms with Gasteiger partial charge < -0.3 is 5.32 Å². The highest BCUT2D eigenvalue weighted by atomic mass is 35.5. The molecular weight excluding hydrogens is 266 g/mol. The molecule has 0 fully saturated rings. The Hall–Kier alpha value is -2.14. The van der Waals surface area contributed by atoms with E-state index in [1.165, 1.54) is 18.3 Å². The van der Waals surface area contributed by atoms with E-state index in [9.17, 15) is 10.1 Å². The van der Waals surface area contributed by atoms with Gasteiger partial charge >= 0.3 is 0 Å². The molecule has 0 radical (unpaired) electrons. The van der Waals surface area contributed by atoms with Gasteiger partial charge in [0.2, 0.25) is 0 Å².